The summed E-state index contributed by atoms with van der Waals surface area (Å²) >= 11 is 0. The first-order valence-corrected chi connectivity index (χ1v) is 8.90. The lowest BCUT2D eigenvalue weighted by Crippen LogP contribution is -2.44. The number of aromatic nitrogens is 2. The molecule has 2 aromatic rings. The van der Waals surface area contributed by atoms with Crippen LogP contribution in [0.4, 0.5) is 10.8 Å². The van der Waals surface area contributed by atoms with Gasteiger partial charge in [-0.1, -0.05) is 41.9 Å². The molecule has 146 valence electrons. The number of guanidine groups is 1. The fourth-order valence-electron chi connectivity index (χ4n) is 2.46. The molecule has 1 atom stereocenters. The van der Waals surface area contributed by atoms with Crippen LogP contribution in [-0.4, -0.2) is 35.3 Å². The third-order valence-corrected chi connectivity index (χ3v) is 3.87. The zero-order valence-corrected chi connectivity index (χ0v) is 15.7. The van der Waals surface area contributed by atoms with Crippen LogP contribution in [0.5, 0.6) is 0 Å². The third kappa shape index (κ3) is 7.76. The van der Waals surface area contributed by atoms with Crippen molar-refractivity contribution in [3.63, 3.8) is 0 Å². The summed E-state index contributed by atoms with van der Waals surface area (Å²) in [5.41, 5.74) is 13.5. The number of urea groups is 1. The molecule has 0 saturated heterocycles. The van der Waals surface area contributed by atoms with Crippen LogP contribution < -0.4 is 22.1 Å². The number of carbonyl (C=O) groups excluding carboxylic acids is 1. The van der Waals surface area contributed by atoms with Crippen molar-refractivity contribution in [3.8, 4) is 0 Å². The Kier molecular flexibility index (Phi) is 7.60. The third-order valence-electron chi connectivity index (χ3n) is 3.87. The van der Waals surface area contributed by atoms with Gasteiger partial charge in [0.1, 0.15) is 0 Å². The van der Waals surface area contributed by atoms with Crippen LogP contribution in [0.15, 0.2) is 33.7 Å². The molecule has 2 amide bonds. The maximum Gasteiger partial charge on any atom is 0.321 e. The molecule has 0 saturated carbocycles. The molecule has 1 heterocycles. The number of nitrogen functional groups attached to an aromatic ring is 1. The van der Waals surface area contributed by atoms with Gasteiger partial charge in [0.2, 0.25) is 5.89 Å². The molecule has 6 N–H and O–H groups in total. The number of benzene rings is 1. The average molecular weight is 373 g/mol. The summed E-state index contributed by atoms with van der Waals surface area (Å²) < 4.78 is 5.05. The lowest BCUT2D eigenvalue weighted by Gasteiger charge is -2.13. The van der Waals surface area contributed by atoms with Gasteiger partial charge in [-0.3, -0.25) is 10.3 Å². The van der Waals surface area contributed by atoms with Gasteiger partial charge in [0, 0.05) is 19.5 Å². The van der Waals surface area contributed by atoms with E-state index in [1.165, 1.54) is 11.1 Å². The highest BCUT2D eigenvalue weighted by Gasteiger charge is 2.08. The predicted molar refractivity (Wildman–Crippen MR) is 104 cm³/mol. The number of nitrogens with zero attached hydrogens (tertiary/aromatic N) is 3. The SMILES string of the molecule is Cc1ccc(CC(C)CNC(=O)NC(N)=NCCCc2nnc(N)o2)cc1. The Hall–Kier alpha value is -3.10. The van der Waals surface area contributed by atoms with Gasteiger partial charge < -0.3 is 21.2 Å². The largest absolute Gasteiger partial charge is 0.408 e. The van der Waals surface area contributed by atoms with E-state index in [0.717, 1.165) is 6.42 Å². The number of aryl methyl sites for hydroxylation is 2. The van der Waals surface area contributed by atoms with Crippen LogP contribution in [0, 0.1) is 12.8 Å². The van der Waals surface area contributed by atoms with Gasteiger partial charge in [0.15, 0.2) is 5.96 Å². The summed E-state index contributed by atoms with van der Waals surface area (Å²) in [4.78, 5) is 16.0. The van der Waals surface area contributed by atoms with E-state index >= 15 is 0 Å². The fraction of sp³-hybridized carbons (Fsp3) is 0.444. The summed E-state index contributed by atoms with van der Waals surface area (Å²) in [5.74, 6) is 0.830. The van der Waals surface area contributed by atoms with Crippen molar-refractivity contribution in [3.05, 3.63) is 41.3 Å². The second-order valence-corrected chi connectivity index (χ2v) is 6.53. The highest BCUT2D eigenvalue weighted by molar-refractivity contribution is 5.95. The number of rotatable bonds is 8. The highest BCUT2D eigenvalue weighted by Crippen LogP contribution is 2.09. The van der Waals surface area contributed by atoms with Gasteiger partial charge in [0.05, 0.1) is 0 Å². The first kappa shape index (κ1) is 20.2. The average Bonchev–Trinajstić information content (AvgIpc) is 3.04. The van der Waals surface area contributed by atoms with Gasteiger partial charge in [-0.05, 0) is 31.2 Å². The first-order valence-electron chi connectivity index (χ1n) is 8.90. The Morgan fingerprint density at radius 3 is 2.70 bits per heavy atom. The smallest absolute Gasteiger partial charge is 0.321 e. The quantitative estimate of drug-likeness (QED) is 0.312. The van der Waals surface area contributed by atoms with Crippen LogP contribution >= 0.6 is 0 Å². The van der Waals surface area contributed by atoms with Crippen molar-refractivity contribution >= 4 is 18.0 Å². The minimum absolute atomic E-state index is 0.0444. The number of nitrogens with one attached hydrogen (secondary N) is 2. The van der Waals surface area contributed by atoms with Gasteiger partial charge in [-0.25, -0.2) is 4.79 Å². The van der Waals surface area contributed by atoms with Gasteiger partial charge >= 0.3 is 12.0 Å². The number of aliphatic imine (C=N–C) groups is 1. The van der Waals surface area contributed by atoms with E-state index in [9.17, 15) is 4.79 Å². The number of hydrogen-bond acceptors (Lipinski definition) is 6. The molecule has 2 rings (SSSR count). The monoisotopic (exact) mass is 373 g/mol. The van der Waals surface area contributed by atoms with Crippen LogP contribution in [0.1, 0.15) is 30.4 Å². The van der Waals surface area contributed by atoms with Gasteiger partial charge in [-0.2, -0.15) is 0 Å². The van der Waals surface area contributed by atoms with E-state index < -0.39 is 0 Å². The zero-order chi connectivity index (χ0) is 19.6. The molecule has 1 unspecified atom stereocenters. The minimum atomic E-state index is -0.364. The normalized spacial score (nSPS) is 12.6. The first-order chi connectivity index (χ1) is 12.9. The zero-order valence-electron chi connectivity index (χ0n) is 15.7. The molecule has 1 aromatic carbocycles. The predicted octanol–water partition coefficient (Wildman–Crippen LogP) is 1.39. The van der Waals surface area contributed by atoms with Crippen molar-refractivity contribution in [1.82, 2.24) is 20.8 Å². The molecule has 9 nitrogen and oxygen atoms in total. The molecule has 0 aliphatic carbocycles. The second-order valence-electron chi connectivity index (χ2n) is 6.53. The Balaban J connectivity index is 1.62. The Morgan fingerprint density at radius 1 is 1.30 bits per heavy atom. The van der Waals surface area contributed by atoms with Gasteiger partial charge in [-0.15, -0.1) is 5.10 Å². The Bertz CT molecular complexity index is 755. The number of hydrogen-bond donors (Lipinski definition) is 4. The number of nitrogens with two attached hydrogens (primary N) is 2. The lowest BCUT2D eigenvalue weighted by atomic mass is 10.0. The second kappa shape index (κ2) is 10.1. The van der Waals surface area contributed by atoms with E-state index in [-0.39, 0.29) is 18.0 Å². The molecule has 0 spiro atoms. The summed E-state index contributed by atoms with van der Waals surface area (Å²) in [6, 6.07) is 8.08. The molecule has 0 bridgehead atoms. The van der Waals surface area contributed by atoms with Crippen molar-refractivity contribution in [2.45, 2.75) is 33.1 Å². The van der Waals surface area contributed by atoms with Crippen LogP contribution in [0.3, 0.4) is 0 Å². The molecule has 0 aliphatic rings. The van der Waals surface area contributed by atoms with Crippen molar-refractivity contribution in [2.24, 2.45) is 16.6 Å². The summed E-state index contributed by atoms with van der Waals surface area (Å²) in [5, 5.41) is 12.6. The number of anilines is 1. The molecule has 0 aliphatic heterocycles. The molecule has 9 heteroatoms. The van der Waals surface area contributed by atoms with Gasteiger partial charge in [0.25, 0.3) is 0 Å². The van der Waals surface area contributed by atoms with Crippen LogP contribution in [-0.2, 0) is 12.8 Å². The molecular formula is C18H27N7O2. The van der Waals surface area contributed by atoms with Crippen LogP contribution in [0.2, 0.25) is 0 Å². The van der Waals surface area contributed by atoms with Crippen molar-refractivity contribution < 1.29 is 9.21 Å². The number of amides is 2. The Labute approximate surface area is 158 Å². The molecule has 0 radical (unpaired) electrons. The van der Waals surface area contributed by atoms with E-state index in [0.29, 0.717) is 37.7 Å². The van der Waals surface area contributed by atoms with Crippen LogP contribution in [0.25, 0.3) is 0 Å². The maximum atomic E-state index is 11.9. The highest BCUT2D eigenvalue weighted by atomic mass is 16.4. The van der Waals surface area contributed by atoms with E-state index in [1.807, 2.05) is 0 Å². The number of carbonyl (C=O) groups is 1. The molecule has 1 aromatic heterocycles. The van der Waals surface area contributed by atoms with E-state index in [1.54, 1.807) is 0 Å². The maximum absolute atomic E-state index is 11.9. The van der Waals surface area contributed by atoms with Crippen molar-refractivity contribution in [2.75, 3.05) is 18.8 Å². The topological polar surface area (TPSA) is 144 Å². The van der Waals surface area contributed by atoms with E-state index in [2.05, 4.69) is 63.9 Å². The standard InChI is InChI=1S/C18H27N7O2/c1-12-5-7-14(8-6-12)10-13(2)11-22-18(26)23-16(19)21-9-3-4-15-24-25-17(20)27-15/h5-8,13H,3-4,9-11H2,1-2H3,(H2,20,25)(H4,19,21,22,23,26). The molecule has 27 heavy (non-hydrogen) atoms. The Morgan fingerprint density at radius 2 is 2.04 bits per heavy atom. The summed E-state index contributed by atoms with van der Waals surface area (Å²) in [6.45, 7) is 5.12. The van der Waals surface area contributed by atoms with Crippen molar-refractivity contribution in [1.29, 1.82) is 0 Å². The summed E-state index contributed by atoms with van der Waals surface area (Å²) in [7, 11) is 0. The molecular weight excluding hydrogens is 346 g/mol. The minimum Gasteiger partial charge on any atom is -0.408 e. The fourth-order valence-corrected chi connectivity index (χ4v) is 2.46. The summed E-state index contributed by atoms with van der Waals surface area (Å²) in [6.07, 6.45) is 2.09. The lowest BCUT2D eigenvalue weighted by molar-refractivity contribution is 0.243. The molecule has 0 fully saturated rings. The van der Waals surface area contributed by atoms with E-state index in [4.69, 9.17) is 15.9 Å².